The second kappa shape index (κ2) is 12.8. The fourth-order valence-electron chi connectivity index (χ4n) is 4.19. The highest BCUT2D eigenvalue weighted by Gasteiger charge is 2.35. The fourth-order valence-corrected chi connectivity index (χ4v) is 4.19. The number of hydrogen-bond acceptors (Lipinski definition) is 10. The number of benzene rings is 1. The van der Waals surface area contributed by atoms with Crippen LogP contribution >= 0.6 is 0 Å². The first-order valence-corrected chi connectivity index (χ1v) is 12.9. The zero-order valence-electron chi connectivity index (χ0n) is 23.2. The number of piperazine rings is 1. The number of hydrogen-bond donors (Lipinski definition) is 3. The Balaban J connectivity index is 1.63. The molecule has 42 heavy (non-hydrogen) atoms. The van der Waals surface area contributed by atoms with Crippen LogP contribution < -0.4 is 20.7 Å². The largest absolute Gasteiger partial charge is 0.467 e. The van der Waals surface area contributed by atoms with Crippen molar-refractivity contribution >= 4 is 40.8 Å². The fraction of sp³-hybridized carbons (Fsp3) is 0.333. The van der Waals surface area contributed by atoms with Gasteiger partial charge in [0.1, 0.15) is 17.2 Å². The molecule has 0 bridgehead atoms. The van der Waals surface area contributed by atoms with Gasteiger partial charge in [-0.1, -0.05) is 12.6 Å². The summed E-state index contributed by atoms with van der Waals surface area (Å²) >= 11 is 0. The van der Waals surface area contributed by atoms with Crippen molar-refractivity contribution in [1.82, 2.24) is 29.7 Å². The topological polar surface area (TPSA) is 138 Å². The van der Waals surface area contributed by atoms with Crippen molar-refractivity contribution in [2.75, 3.05) is 49.2 Å². The summed E-state index contributed by atoms with van der Waals surface area (Å²) in [5.74, 6) is -0.972. The number of halogens is 3. The van der Waals surface area contributed by atoms with E-state index < -0.39 is 23.5 Å². The van der Waals surface area contributed by atoms with Gasteiger partial charge in [0.25, 0.3) is 0 Å². The molecule has 0 aliphatic carbocycles. The van der Waals surface area contributed by atoms with Crippen molar-refractivity contribution in [3.05, 3.63) is 59.9 Å². The molecule has 1 aliphatic rings. The lowest BCUT2D eigenvalue weighted by Crippen LogP contribution is -2.47. The van der Waals surface area contributed by atoms with E-state index in [0.717, 1.165) is 11.6 Å². The van der Waals surface area contributed by atoms with E-state index in [-0.39, 0.29) is 35.1 Å². The van der Waals surface area contributed by atoms with E-state index in [1.54, 1.807) is 30.0 Å². The second-order valence-electron chi connectivity index (χ2n) is 9.45. The molecule has 12 nitrogen and oxygen atoms in total. The van der Waals surface area contributed by atoms with Crippen LogP contribution in [0.3, 0.4) is 0 Å². The Hall–Kier alpha value is -4.79. The van der Waals surface area contributed by atoms with Gasteiger partial charge >= 0.3 is 12.2 Å². The van der Waals surface area contributed by atoms with Gasteiger partial charge in [-0.3, -0.25) is 14.5 Å². The molecule has 0 spiro atoms. The number of aromatic nitrogens is 4. The van der Waals surface area contributed by atoms with Crippen molar-refractivity contribution in [3.63, 3.8) is 0 Å². The number of amides is 2. The third-order valence-electron chi connectivity index (χ3n) is 6.46. The molecule has 222 valence electrons. The minimum atomic E-state index is -4.78. The first kappa shape index (κ1) is 30.2. The van der Waals surface area contributed by atoms with Crippen LogP contribution in [0.5, 0.6) is 6.01 Å². The Kier molecular flexibility index (Phi) is 9.20. The van der Waals surface area contributed by atoms with E-state index in [2.05, 4.69) is 47.4 Å². The van der Waals surface area contributed by atoms with Gasteiger partial charge in [-0.2, -0.15) is 23.1 Å². The average molecular weight is 586 g/mol. The zero-order valence-corrected chi connectivity index (χ0v) is 23.2. The first-order chi connectivity index (χ1) is 20.0. The van der Waals surface area contributed by atoms with Crippen LogP contribution in [0.1, 0.15) is 23.6 Å². The van der Waals surface area contributed by atoms with Crippen LogP contribution in [-0.2, 0) is 22.3 Å². The third-order valence-corrected chi connectivity index (χ3v) is 6.46. The summed E-state index contributed by atoms with van der Waals surface area (Å²) in [7, 11) is 1.38. The highest BCUT2D eigenvalue weighted by atomic mass is 19.4. The summed E-state index contributed by atoms with van der Waals surface area (Å²) in [5.41, 5.74) is 0.688. The number of carbonyl (C=O) groups excluding carboxylic acids is 2. The quantitative estimate of drug-likeness (QED) is 0.317. The molecule has 4 rings (SSSR count). The zero-order chi connectivity index (χ0) is 30.4. The standard InChI is InChI=1S/C27H30F3N9O3/c1-5-22(41)33-21-12-18(15-38-8-10-39(11-9-38)17(3)40)6-7-20(21)34-24-19(27(28,29)30)14-31-25(36-24)35-23-16(2)13-32-26(37-23)42-4/h5-7,12-14H,1,8-11,15H2,2-4H3,(H,33,41)(H2,31,32,34,35,36,37). The number of anilines is 5. The van der Waals surface area contributed by atoms with E-state index in [9.17, 15) is 22.8 Å². The summed E-state index contributed by atoms with van der Waals surface area (Å²) < 4.78 is 46.9. The molecule has 2 aromatic heterocycles. The van der Waals surface area contributed by atoms with Crippen LogP contribution in [0.15, 0.2) is 43.2 Å². The van der Waals surface area contributed by atoms with Gasteiger partial charge in [-0.05, 0) is 30.7 Å². The highest BCUT2D eigenvalue weighted by molar-refractivity contribution is 6.01. The molecular formula is C27H30F3N9O3. The Morgan fingerprint density at radius 1 is 1.05 bits per heavy atom. The van der Waals surface area contributed by atoms with E-state index in [1.807, 2.05) is 0 Å². The summed E-state index contributed by atoms with van der Waals surface area (Å²) in [6, 6.07) is 5.03. The molecule has 3 N–H and O–H groups in total. The molecular weight excluding hydrogens is 555 g/mol. The van der Waals surface area contributed by atoms with Gasteiger partial charge in [0.15, 0.2) is 0 Å². The minimum absolute atomic E-state index is 0.0210. The highest BCUT2D eigenvalue weighted by Crippen LogP contribution is 2.37. The number of nitrogens with one attached hydrogen (secondary N) is 3. The van der Waals surface area contributed by atoms with Crippen LogP contribution in [0.25, 0.3) is 0 Å². The molecule has 0 radical (unpaired) electrons. The molecule has 1 fully saturated rings. The molecule has 1 saturated heterocycles. The van der Waals surface area contributed by atoms with Crippen molar-refractivity contribution in [1.29, 1.82) is 0 Å². The predicted octanol–water partition coefficient (Wildman–Crippen LogP) is 3.88. The molecule has 15 heteroatoms. The van der Waals surface area contributed by atoms with Crippen LogP contribution in [0.2, 0.25) is 0 Å². The van der Waals surface area contributed by atoms with Gasteiger partial charge < -0.3 is 25.6 Å². The van der Waals surface area contributed by atoms with E-state index in [1.165, 1.54) is 20.2 Å². The maximum atomic E-state index is 13.9. The lowest BCUT2D eigenvalue weighted by atomic mass is 10.1. The Morgan fingerprint density at radius 2 is 1.79 bits per heavy atom. The lowest BCUT2D eigenvalue weighted by molar-refractivity contribution is -0.137. The number of rotatable bonds is 9. The third kappa shape index (κ3) is 7.48. The maximum Gasteiger partial charge on any atom is 0.421 e. The summed E-state index contributed by atoms with van der Waals surface area (Å²) in [5, 5.41) is 8.16. The molecule has 1 aromatic carbocycles. The van der Waals surface area contributed by atoms with Crippen LogP contribution in [-0.4, -0.2) is 74.8 Å². The number of carbonyl (C=O) groups is 2. The lowest BCUT2D eigenvalue weighted by Gasteiger charge is -2.34. The van der Waals surface area contributed by atoms with Gasteiger partial charge in [0.2, 0.25) is 17.8 Å². The molecule has 0 unspecified atom stereocenters. The molecule has 0 atom stereocenters. The number of aryl methyl sites for hydroxylation is 1. The Bertz CT molecular complexity index is 1470. The molecule has 3 aromatic rings. The summed E-state index contributed by atoms with van der Waals surface area (Å²) in [6.07, 6.45) is -1.58. The van der Waals surface area contributed by atoms with E-state index in [0.29, 0.717) is 44.5 Å². The van der Waals surface area contributed by atoms with E-state index in [4.69, 9.17) is 4.74 Å². The number of nitrogens with zero attached hydrogens (tertiary/aromatic N) is 6. The predicted molar refractivity (Wildman–Crippen MR) is 150 cm³/mol. The minimum Gasteiger partial charge on any atom is -0.467 e. The van der Waals surface area contributed by atoms with Gasteiger partial charge in [0, 0.05) is 57.6 Å². The number of methoxy groups -OCH3 is 1. The van der Waals surface area contributed by atoms with Crippen LogP contribution in [0, 0.1) is 6.92 Å². The van der Waals surface area contributed by atoms with Crippen molar-refractivity contribution in [2.45, 2.75) is 26.6 Å². The summed E-state index contributed by atoms with van der Waals surface area (Å²) in [4.78, 5) is 43.8. The van der Waals surface area contributed by atoms with Crippen molar-refractivity contribution in [2.24, 2.45) is 0 Å². The summed E-state index contributed by atoms with van der Waals surface area (Å²) in [6.45, 7) is 9.72. The number of ether oxygens (including phenoxy) is 1. The smallest absolute Gasteiger partial charge is 0.421 e. The first-order valence-electron chi connectivity index (χ1n) is 12.9. The Labute approximate surface area is 240 Å². The Morgan fingerprint density at radius 3 is 2.43 bits per heavy atom. The van der Waals surface area contributed by atoms with Gasteiger partial charge in [-0.15, -0.1) is 0 Å². The molecule has 0 saturated carbocycles. The molecule has 2 amide bonds. The molecule has 1 aliphatic heterocycles. The SMILES string of the molecule is C=CC(=O)Nc1cc(CN2CCN(C(C)=O)CC2)ccc1Nc1nc(Nc2nc(OC)ncc2C)ncc1C(F)(F)F. The number of alkyl halides is 3. The normalized spacial score (nSPS) is 13.8. The van der Waals surface area contributed by atoms with Crippen LogP contribution in [0.4, 0.5) is 42.1 Å². The van der Waals surface area contributed by atoms with Crippen molar-refractivity contribution in [3.8, 4) is 6.01 Å². The molecule has 3 heterocycles. The maximum absolute atomic E-state index is 13.9. The average Bonchev–Trinajstić information content (AvgIpc) is 2.95. The van der Waals surface area contributed by atoms with E-state index >= 15 is 0 Å². The monoisotopic (exact) mass is 585 g/mol. The van der Waals surface area contributed by atoms with Gasteiger partial charge in [-0.25, -0.2) is 9.97 Å². The van der Waals surface area contributed by atoms with Gasteiger partial charge in [0.05, 0.1) is 18.5 Å². The van der Waals surface area contributed by atoms with Crippen molar-refractivity contribution < 1.29 is 27.5 Å². The second-order valence-corrected chi connectivity index (χ2v) is 9.45.